The van der Waals surface area contributed by atoms with Crippen LogP contribution >= 0.6 is 0 Å². The SMILES string of the molecule is CCCCC/C=C/C=C/CCCCCCCCC(=O)OC(CCCCC/C=C/CCCCCCCCCCC)CC(=O)NC(CO)C(O)CCCCCCCCCCCCCCC. The highest BCUT2D eigenvalue weighted by Gasteiger charge is 2.24. The van der Waals surface area contributed by atoms with Crippen LogP contribution in [0.2, 0.25) is 0 Å². The maximum absolute atomic E-state index is 13.2. The summed E-state index contributed by atoms with van der Waals surface area (Å²) < 4.78 is 5.94. The summed E-state index contributed by atoms with van der Waals surface area (Å²) in [7, 11) is 0. The molecule has 0 radical (unpaired) electrons. The standard InChI is InChI=1S/C57H107NO5/c1-4-7-10-13-16-19-22-25-27-29-31-33-36-39-42-45-48-53(63-57(62)50-47-44-41-38-35-32-28-26-23-20-17-14-11-8-5-2)51-56(61)58-54(52-59)55(60)49-46-43-40-37-34-30-24-21-18-15-12-9-6-3/h17,20,23,26,31,33,53-55,59-60H,4-16,18-19,21-22,24-25,27-30,32,34-52H2,1-3H3,(H,58,61)/b20-17+,26-23+,33-31+. The number of aliphatic hydroxyl groups is 2. The summed E-state index contributed by atoms with van der Waals surface area (Å²) in [6.07, 6.45) is 60.6. The fraction of sp³-hybridized carbons (Fsp3) is 0.860. The number of hydrogen-bond acceptors (Lipinski definition) is 5. The Balaban J connectivity index is 4.60. The molecule has 0 aliphatic carbocycles. The van der Waals surface area contributed by atoms with Crippen molar-refractivity contribution in [2.45, 2.75) is 309 Å². The van der Waals surface area contributed by atoms with Gasteiger partial charge in [0.15, 0.2) is 0 Å². The van der Waals surface area contributed by atoms with E-state index in [9.17, 15) is 19.8 Å². The highest BCUT2D eigenvalue weighted by molar-refractivity contribution is 5.77. The third-order valence-electron chi connectivity index (χ3n) is 12.7. The second kappa shape index (κ2) is 51.1. The second-order valence-corrected chi connectivity index (χ2v) is 19.0. The minimum Gasteiger partial charge on any atom is -0.462 e. The summed E-state index contributed by atoms with van der Waals surface area (Å²) in [5.74, 6) is -0.491. The van der Waals surface area contributed by atoms with E-state index in [1.54, 1.807) is 0 Å². The van der Waals surface area contributed by atoms with Crippen molar-refractivity contribution in [3.8, 4) is 0 Å². The first-order chi connectivity index (χ1) is 31.0. The second-order valence-electron chi connectivity index (χ2n) is 19.0. The van der Waals surface area contributed by atoms with E-state index >= 15 is 0 Å². The molecule has 63 heavy (non-hydrogen) atoms. The smallest absolute Gasteiger partial charge is 0.306 e. The molecule has 370 valence electrons. The van der Waals surface area contributed by atoms with E-state index in [2.05, 4.69) is 62.5 Å². The number of nitrogens with one attached hydrogen (secondary N) is 1. The van der Waals surface area contributed by atoms with Crippen LogP contribution in [0.15, 0.2) is 36.5 Å². The molecule has 6 nitrogen and oxygen atoms in total. The van der Waals surface area contributed by atoms with Crippen molar-refractivity contribution in [2.75, 3.05) is 6.61 Å². The molecule has 0 aromatic heterocycles. The van der Waals surface area contributed by atoms with Crippen LogP contribution in [0.5, 0.6) is 0 Å². The molecule has 0 saturated heterocycles. The first kappa shape index (κ1) is 61.1. The van der Waals surface area contributed by atoms with Gasteiger partial charge in [-0.15, -0.1) is 0 Å². The first-order valence-electron chi connectivity index (χ1n) is 27.7. The van der Waals surface area contributed by atoms with Crippen LogP contribution in [0.25, 0.3) is 0 Å². The molecule has 0 heterocycles. The number of aliphatic hydroxyl groups excluding tert-OH is 2. The number of hydrogen-bond donors (Lipinski definition) is 3. The number of ether oxygens (including phenoxy) is 1. The monoisotopic (exact) mass is 886 g/mol. The van der Waals surface area contributed by atoms with Crippen molar-refractivity contribution in [3.63, 3.8) is 0 Å². The molecule has 0 aliphatic rings. The zero-order valence-electron chi connectivity index (χ0n) is 42.2. The maximum Gasteiger partial charge on any atom is 0.306 e. The number of carbonyl (C=O) groups excluding carboxylic acids is 2. The van der Waals surface area contributed by atoms with Crippen LogP contribution < -0.4 is 5.32 Å². The molecule has 0 aromatic rings. The molecule has 3 N–H and O–H groups in total. The Morgan fingerprint density at radius 1 is 0.460 bits per heavy atom. The Bertz CT molecular complexity index is 1040. The van der Waals surface area contributed by atoms with Gasteiger partial charge in [-0.1, -0.05) is 237 Å². The van der Waals surface area contributed by atoms with Crippen LogP contribution in [0.1, 0.15) is 290 Å². The summed E-state index contributed by atoms with van der Waals surface area (Å²) in [4.78, 5) is 26.2. The Morgan fingerprint density at radius 3 is 1.27 bits per heavy atom. The van der Waals surface area contributed by atoms with Crippen molar-refractivity contribution in [1.82, 2.24) is 5.32 Å². The van der Waals surface area contributed by atoms with Crippen molar-refractivity contribution in [1.29, 1.82) is 0 Å². The highest BCUT2D eigenvalue weighted by atomic mass is 16.5. The third-order valence-corrected chi connectivity index (χ3v) is 12.7. The molecule has 1 amide bonds. The lowest BCUT2D eigenvalue weighted by Gasteiger charge is -2.24. The molecule has 3 unspecified atom stereocenters. The number of carbonyl (C=O) groups is 2. The van der Waals surface area contributed by atoms with Gasteiger partial charge in [0.05, 0.1) is 25.2 Å². The molecular weight excluding hydrogens is 779 g/mol. The summed E-state index contributed by atoms with van der Waals surface area (Å²) in [5, 5.41) is 23.8. The predicted molar refractivity (Wildman–Crippen MR) is 273 cm³/mol. The molecule has 0 aliphatic heterocycles. The number of rotatable bonds is 50. The molecule has 0 fully saturated rings. The number of amides is 1. The van der Waals surface area contributed by atoms with Crippen molar-refractivity contribution >= 4 is 11.9 Å². The molecular formula is C57H107NO5. The van der Waals surface area contributed by atoms with Crippen LogP contribution in [-0.2, 0) is 14.3 Å². The van der Waals surface area contributed by atoms with Gasteiger partial charge in [-0.3, -0.25) is 9.59 Å². The van der Waals surface area contributed by atoms with Gasteiger partial charge < -0.3 is 20.3 Å². The maximum atomic E-state index is 13.2. The quantitative estimate of drug-likeness (QED) is 0.0245. The van der Waals surface area contributed by atoms with Crippen LogP contribution in [0.4, 0.5) is 0 Å². The molecule has 0 rings (SSSR count). The fourth-order valence-electron chi connectivity index (χ4n) is 8.48. The third kappa shape index (κ3) is 46.4. The lowest BCUT2D eigenvalue weighted by molar-refractivity contribution is -0.151. The molecule has 0 saturated carbocycles. The van der Waals surface area contributed by atoms with Crippen LogP contribution in [0.3, 0.4) is 0 Å². The van der Waals surface area contributed by atoms with E-state index in [0.29, 0.717) is 19.3 Å². The van der Waals surface area contributed by atoms with Gasteiger partial charge in [0.1, 0.15) is 6.10 Å². The Kier molecular flexibility index (Phi) is 49.5. The fourth-order valence-corrected chi connectivity index (χ4v) is 8.48. The summed E-state index contributed by atoms with van der Waals surface area (Å²) in [6, 6.07) is -0.707. The van der Waals surface area contributed by atoms with Crippen LogP contribution in [-0.4, -0.2) is 46.9 Å². The Morgan fingerprint density at radius 2 is 0.810 bits per heavy atom. The average Bonchev–Trinajstić information content (AvgIpc) is 3.28. The normalized spacial score (nSPS) is 13.4. The lowest BCUT2D eigenvalue weighted by Crippen LogP contribution is -2.46. The number of esters is 1. The van der Waals surface area contributed by atoms with Gasteiger partial charge in [-0.05, 0) is 77.0 Å². The van der Waals surface area contributed by atoms with Crippen molar-refractivity contribution in [2.24, 2.45) is 0 Å². The minimum absolute atomic E-state index is 0.0649. The van der Waals surface area contributed by atoms with Gasteiger partial charge in [0.25, 0.3) is 0 Å². The number of allylic oxidation sites excluding steroid dienone is 6. The molecule has 3 atom stereocenters. The Hall–Kier alpha value is -1.92. The lowest BCUT2D eigenvalue weighted by atomic mass is 10.0. The van der Waals surface area contributed by atoms with E-state index < -0.39 is 18.2 Å². The molecule has 0 aromatic carbocycles. The number of unbranched alkanes of at least 4 members (excludes halogenated alkanes) is 33. The Labute approximate surface area is 392 Å². The zero-order valence-corrected chi connectivity index (χ0v) is 42.2. The molecule has 0 spiro atoms. The summed E-state index contributed by atoms with van der Waals surface area (Å²) >= 11 is 0. The highest BCUT2D eigenvalue weighted by Crippen LogP contribution is 2.18. The predicted octanol–water partition coefficient (Wildman–Crippen LogP) is 16.8. The van der Waals surface area contributed by atoms with Gasteiger partial charge in [-0.25, -0.2) is 0 Å². The average molecular weight is 886 g/mol. The molecule has 0 bridgehead atoms. The van der Waals surface area contributed by atoms with E-state index in [1.807, 2.05) is 0 Å². The van der Waals surface area contributed by atoms with E-state index in [0.717, 1.165) is 70.6 Å². The minimum atomic E-state index is -0.792. The molecule has 6 heteroatoms. The van der Waals surface area contributed by atoms with Gasteiger partial charge in [0.2, 0.25) is 5.91 Å². The van der Waals surface area contributed by atoms with Crippen molar-refractivity contribution in [3.05, 3.63) is 36.5 Å². The van der Waals surface area contributed by atoms with Gasteiger partial charge in [-0.2, -0.15) is 0 Å². The largest absolute Gasteiger partial charge is 0.462 e. The van der Waals surface area contributed by atoms with E-state index in [-0.39, 0.29) is 24.9 Å². The topological polar surface area (TPSA) is 95.9 Å². The summed E-state index contributed by atoms with van der Waals surface area (Å²) in [5.41, 5.74) is 0. The zero-order chi connectivity index (χ0) is 45.9. The summed E-state index contributed by atoms with van der Waals surface area (Å²) in [6.45, 7) is 6.47. The van der Waals surface area contributed by atoms with Gasteiger partial charge in [0, 0.05) is 6.42 Å². The van der Waals surface area contributed by atoms with Crippen LogP contribution in [0, 0.1) is 0 Å². The van der Waals surface area contributed by atoms with E-state index in [4.69, 9.17) is 4.74 Å². The first-order valence-corrected chi connectivity index (χ1v) is 27.7. The van der Waals surface area contributed by atoms with Gasteiger partial charge >= 0.3 is 5.97 Å². The van der Waals surface area contributed by atoms with E-state index in [1.165, 1.54) is 173 Å². The van der Waals surface area contributed by atoms with Crippen molar-refractivity contribution < 1.29 is 24.5 Å².